The molecule has 0 fully saturated rings. The molecule has 0 aromatic heterocycles. The van der Waals surface area contributed by atoms with Gasteiger partial charge in [-0.3, -0.25) is 0 Å². The van der Waals surface area contributed by atoms with E-state index in [0.717, 1.165) is 0 Å². The van der Waals surface area contributed by atoms with Crippen molar-refractivity contribution in [3.8, 4) is 0 Å². The van der Waals surface area contributed by atoms with Crippen LogP contribution < -0.4 is 0 Å². The molecule has 0 aliphatic rings. The summed E-state index contributed by atoms with van der Waals surface area (Å²) in [7, 11) is 0. The zero-order chi connectivity index (χ0) is 9.78. The lowest BCUT2D eigenvalue weighted by atomic mass is 9.86. The summed E-state index contributed by atoms with van der Waals surface area (Å²) < 4.78 is 0. The van der Waals surface area contributed by atoms with Crippen LogP contribution in [0.25, 0.3) is 0 Å². The lowest BCUT2D eigenvalue weighted by Gasteiger charge is -2.18. The molecule has 0 heterocycles. The van der Waals surface area contributed by atoms with Gasteiger partial charge in [-0.25, -0.2) is 4.79 Å². The fraction of sp³-hybridized carbons (Fsp3) is 0.500. The highest BCUT2D eigenvalue weighted by Crippen LogP contribution is 2.25. The van der Waals surface area contributed by atoms with E-state index >= 15 is 0 Å². The van der Waals surface area contributed by atoms with Crippen molar-refractivity contribution in [2.45, 2.75) is 27.2 Å². The van der Waals surface area contributed by atoms with Crippen LogP contribution in [0.1, 0.15) is 27.2 Å². The van der Waals surface area contributed by atoms with E-state index in [9.17, 15) is 4.79 Å². The van der Waals surface area contributed by atoms with E-state index in [1.165, 1.54) is 0 Å². The van der Waals surface area contributed by atoms with E-state index in [1.54, 1.807) is 12.2 Å². The van der Waals surface area contributed by atoms with Gasteiger partial charge in [0, 0.05) is 5.57 Å². The number of carbonyl (C=O) groups is 1. The van der Waals surface area contributed by atoms with Gasteiger partial charge >= 0.3 is 5.97 Å². The Labute approximate surface area is 73.6 Å². The molecule has 0 amide bonds. The SMILES string of the molecule is C=CC/C=C(\C(=O)O)C(C)(C)C. The molecule has 0 saturated carbocycles. The topological polar surface area (TPSA) is 37.3 Å². The van der Waals surface area contributed by atoms with Gasteiger partial charge in [-0.05, 0) is 11.8 Å². The summed E-state index contributed by atoms with van der Waals surface area (Å²) in [5.41, 5.74) is 0.150. The first-order valence-electron chi connectivity index (χ1n) is 3.94. The number of carboxylic acid groups (broad SMARTS) is 1. The molecule has 2 heteroatoms. The maximum atomic E-state index is 10.7. The lowest BCUT2D eigenvalue weighted by molar-refractivity contribution is -0.133. The van der Waals surface area contributed by atoms with Crippen LogP contribution in [0.3, 0.4) is 0 Å². The molecule has 0 saturated heterocycles. The van der Waals surface area contributed by atoms with Gasteiger partial charge in [0.05, 0.1) is 0 Å². The number of allylic oxidation sites excluding steroid dienone is 2. The van der Waals surface area contributed by atoms with Crippen LogP contribution in [-0.4, -0.2) is 11.1 Å². The van der Waals surface area contributed by atoms with Crippen molar-refractivity contribution in [1.82, 2.24) is 0 Å². The van der Waals surface area contributed by atoms with Gasteiger partial charge in [-0.15, -0.1) is 6.58 Å². The zero-order valence-electron chi connectivity index (χ0n) is 7.92. The van der Waals surface area contributed by atoms with Crippen LogP contribution >= 0.6 is 0 Å². The first kappa shape index (κ1) is 11.0. The molecule has 1 N–H and O–H groups in total. The Morgan fingerprint density at radius 3 is 2.25 bits per heavy atom. The zero-order valence-corrected chi connectivity index (χ0v) is 7.92. The summed E-state index contributed by atoms with van der Waals surface area (Å²) in [6.07, 6.45) is 4.00. The molecule has 0 unspecified atom stereocenters. The third-order valence-electron chi connectivity index (χ3n) is 1.53. The maximum absolute atomic E-state index is 10.7. The molecule has 0 spiro atoms. The van der Waals surface area contributed by atoms with E-state index in [0.29, 0.717) is 12.0 Å². The van der Waals surface area contributed by atoms with Crippen LogP contribution in [0.2, 0.25) is 0 Å². The molecule has 0 radical (unpaired) electrons. The normalized spacial score (nSPS) is 12.8. The summed E-state index contributed by atoms with van der Waals surface area (Å²) in [5.74, 6) is -0.843. The predicted molar refractivity (Wildman–Crippen MR) is 50.0 cm³/mol. The largest absolute Gasteiger partial charge is 0.478 e. The second kappa shape index (κ2) is 4.10. The molecule has 0 rings (SSSR count). The van der Waals surface area contributed by atoms with Crippen molar-refractivity contribution in [1.29, 1.82) is 0 Å². The van der Waals surface area contributed by atoms with Gasteiger partial charge < -0.3 is 5.11 Å². The van der Waals surface area contributed by atoms with Gasteiger partial charge in [-0.1, -0.05) is 32.9 Å². The van der Waals surface area contributed by atoms with Gasteiger partial charge in [0.2, 0.25) is 0 Å². The molecule has 0 aromatic rings. The molecule has 0 aromatic carbocycles. The Hall–Kier alpha value is -1.05. The van der Waals surface area contributed by atoms with E-state index in [-0.39, 0.29) is 5.41 Å². The highest BCUT2D eigenvalue weighted by atomic mass is 16.4. The quantitative estimate of drug-likeness (QED) is 0.519. The Kier molecular flexibility index (Phi) is 3.74. The number of rotatable bonds is 3. The highest BCUT2D eigenvalue weighted by Gasteiger charge is 2.22. The number of carboxylic acids is 1. The predicted octanol–water partition coefficient (Wildman–Crippen LogP) is 2.62. The minimum atomic E-state index is -0.843. The van der Waals surface area contributed by atoms with Crippen LogP contribution in [-0.2, 0) is 4.79 Å². The average Bonchev–Trinajstić information content (AvgIpc) is 1.84. The van der Waals surface area contributed by atoms with Crippen molar-refractivity contribution in [2.24, 2.45) is 5.41 Å². The Bertz CT molecular complexity index is 206. The fourth-order valence-corrected chi connectivity index (χ4v) is 0.915. The minimum Gasteiger partial charge on any atom is -0.478 e. The number of aliphatic carboxylic acids is 1. The first-order valence-corrected chi connectivity index (χ1v) is 3.94. The Morgan fingerprint density at radius 1 is 1.50 bits per heavy atom. The van der Waals surface area contributed by atoms with Gasteiger partial charge in [0.1, 0.15) is 0 Å². The monoisotopic (exact) mass is 168 g/mol. The van der Waals surface area contributed by atoms with Crippen molar-refractivity contribution < 1.29 is 9.90 Å². The molecule has 0 aliphatic carbocycles. The third-order valence-corrected chi connectivity index (χ3v) is 1.53. The maximum Gasteiger partial charge on any atom is 0.331 e. The number of hydrogen-bond donors (Lipinski definition) is 1. The van der Waals surface area contributed by atoms with Crippen LogP contribution in [0.15, 0.2) is 24.3 Å². The number of hydrogen-bond acceptors (Lipinski definition) is 1. The molecule has 0 atom stereocenters. The Morgan fingerprint density at radius 2 is 2.00 bits per heavy atom. The summed E-state index contributed by atoms with van der Waals surface area (Å²) in [4.78, 5) is 10.7. The highest BCUT2D eigenvalue weighted by molar-refractivity contribution is 5.87. The third kappa shape index (κ3) is 3.37. The van der Waals surface area contributed by atoms with E-state index in [1.807, 2.05) is 20.8 Å². The van der Waals surface area contributed by atoms with E-state index in [4.69, 9.17) is 5.11 Å². The standard InChI is InChI=1S/C10H16O2/c1-5-6-7-8(9(11)12)10(2,3)4/h5,7H,1,6H2,2-4H3,(H,11,12)/b8-7+. The van der Waals surface area contributed by atoms with Crippen LogP contribution in [0, 0.1) is 5.41 Å². The second-order valence-electron chi connectivity index (χ2n) is 3.70. The summed E-state index contributed by atoms with van der Waals surface area (Å²) >= 11 is 0. The van der Waals surface area contributed by atoms with Crippen molar-refractivity contribution >= 4 is 5.97 Å². The summed E-state index contributed by atoms with van der Waals surface area (Å²) in [5, 5.41) is 8.83. The lowest BCUT2D eigenvalue weighted by Crippen LogP contribution is -2.17. The first-order chi connectivity index (χ1) is 5.39. The van der Waals surface area contributed by atoms with Crippen molar-refractivity contribution in [3.63, 3.8) is 0 Å². The molecular formula is C10H16O2. The van der Waals surface area contributed by atoms with E-state index in [2.05, 4.69) is 6.58 Å². The minimum absolute atomic E-state index is 0.297. The van der Waals surface area contributed by atoms with Gasteiger partial charge in [0.15, 0.2) is 0 Å². The fourth-order valence-electron chi connectivity index (χ4n) is 0.915. The smallest absolute Gasteiger partial charge is 0.331 e. The molecule has 2 nitrogen and oxygen atoms in total. The van der Waals surface area contributed by atoms with Gasteiger partial charge in [-0.2, -0.15) is 0 Å². The second-order valence-corrected chi connectivity index (χ2v) is 3.70. The molecular weight excluding hydrogens is 152 g/mol. The van der Waals surface area contributed by atoms with E-state index < -0.39 is 5.97 Å². The average molecular weight is 168 g/mol. The van der Waals surface area contributed by atoms with Crippen LogP contribution in [0.4, 0.5) is 0 Å². The van der Waals surface area contributed by atoms with Crippen molar-refractivity contribution in [2.75, 3.05) is 0 Å². The summed E-state index contributed by atoms with van der Waals surface area (Å²) in [6.45, 7) is 9.19. The van der Waals surface area contributed by atoms with Gasteiger partial charge in [0.25, 0.3) is 0 Å². The molecule has 68 valence electrons. The Balaban J connectivity index is 4.67. The molecule has 0 bridgehead atoms. The molecule has 0 aliphatic heterocycles. The van der Waals surface area contributed by atoms with Crippen molar-refractivity contribution in [3.05, 3.63) is 24.3 Å². The van der Waals surface area contributed by atoms with Crippen LogP contribution in [0.5, 0.6) is 0 Å². The summed E-state index contributed by atoms with van der Waals surface area (Å²) in [6, 6.07) is 0. The molecule has 12 heavy (non-hydrogen) atoms.